The molecular formula is C12H22F2N2O2. The molecule has 0 radical (unpaired) electrons. The molecule has 6 heteroatoms. The van der Waals surface area contributed by atoms with Crippen molar-refractivity contribution in [3.63, 3.8) is 0 Å². The molecule has 1 heterocycles. The number of carbonyl (C=O) groups is 1. The summed E-state index contributed by atoms with van der Waals surface area (Å²) in [5.74, 6) is 0. The fourth-order valence-corrected chi connectivity index (χ4v) is 1.94. The molecule has 1 atom stereocenters. The van der Waals surface area contributed by atoms with Crippen LogP contribution >= 0.6 is 0 Å². The van der Waals surface area contributed by atoms with Crippen molar-refractivity contribution in [3.05, 3.63) is 0 Å². The predicted molar refractivity (Wildman–Crippen MR) is 64.8 cm³/mol. The molecule has 1 fully saturated rings. The highest BCUT2D eigenvalue weighted by Gasteiger charge is 2.30. The van der Waals surface area contributed by atoms with E-state index in [0.717, 1.165) is 0 Å². The SMILES string of the molecule is C[C@@H]1CN(C(=O)OC(C)(C)C)CCN1CC(F)F. The summed E-state index contributed by atoms with van der Waals surface area (Å²) < 4.78 is 29.9. The van der Waals surface area contributed by atoms with E-state index in [0.29, 0.717) is 19.6 Å². The summed E-state index contributed by atoms with van der Waals surface area (Å²) in [6.45, 7) is 8.37. The maximum atomic E-state index is 12.3. The average Bonchev–Trinajstić information content (AvgIpc) is 2.17. The van der Waals surface area contributed by atoms with Gasteiger partial charge in [0.25, 0.3) is 6.43 Å². The van der Waals surface area contributed by atoms with E-state index < -0.39 is 12.0 Å². The van der Waals surface area contributed by atoms with Crippen LogP contribution in [0.3, 0.4) is 0 Å². The number of amides is 1. The van der Waals surface area contributed by atoms with Crippen LogP contribution in [0, 0.1) is 0 Å². The van der Waals surface area contributed by atoms with Gasteiger partial charge in [-0.15, -0.1) is 0 Å². The molecule has 0 spiro atoms. The molecule has 0 unspecified atom stereocenters. The molecule has 0 aliphatic carbocycles. The standard InChI is InChI=1S/C12H22F2N2O2/c1-9-7-16(11(17)18-12(2,3)4)6-5-15(9)8-10(13)14/h9-10H,5-8H2,1-4H3/t9-/m1/s1. The Labute approximate surface area is 107 Å². The fraction of sp³-hybridized carbons (Fsp3) is 0.917. The monoisotopic (exact) mass is 264 g/mol. The molecule has 1 aliphatic heterocycles. The average molecular weight is 264 g/mol. The molecular weight excluding hydrogens is 242 g/mol. The maximum Gasteiger partial charge on any atom is 0.410 e. The number of piperazine rings is 1. The van der Waals surface area contributed by atoms with E-state index in [-0.39, 0.29) is 18.7 Å². The summed E-state index contributed by atoms with van der Waals surface area (Å²) in [5.41, 5.74) is -0.527. The quantitative estimate of drug-likeness (QED) is 0.766. The Morgan fingerprint density at radius 3 is 2.44 bits per heavy atom. The van der Waals surface area contributed by atoms with Crippen molar-refractivity contribution in [3.8, 4) is 0 Å². The minimum Gasteiger partial charge on any atom is -0.444 e. The molecule has 1 aliphatic rings. The van der Waals surface area contributed by atoms with Gasteiger partial charge >= 0.3 is 6.09 Å². The number of hydrogen-bond acceptors (Lipinski definition) is 3. The van der Waals surface area contributed by atoms with Gasteiger partial charge < -0.3 is 9.64 Å². The molecule has 1 saturated heterocycles. The van der Waals surface area contributed by atoms with Crippen LogP contribution < -0.4 is 0 Å². The normalized spacial score (nSPS) is 22.4. The van der Waals surface area contributed by atoms with Crippen molar-refractivity contribution in [1.29, 1.82) is 0 Å². The second-order valence-corrected chi connectivity index (χ2v) is 5.66. The molecule has 106 valence electrons. The fourth-order valence-electron chi connectivity index (χ4n) is 1.94. The smallest absolute Gasteiger partial charge is 0.410 e. The lowest BCUT2D eigenvalue weighted by Crippen LogP contribution is -2.55. The zero-order chi connectivity index (χ0) is 13.9. The van der Waals surface area contributed by atoms with Crippen LogP contribution in [0.2, 0.25) is 0 Å². The second kappa shape index (κ2) is 5.82. The molecule has 0 aromatic carbocycles. The van der Waals surface area contributed by atoms with Gasteiger partial charge in [0, 0.05) is 25.7 Å². The summed E-state index contributed by atoms with van der Waals surface area (Å²) in [4.78, 5) is 15.1. The van der Waals surface area contributed by atoms with Crippen molar-refractivity contribution >= 4 is 6.09 Å². The van der Waals surface area contributed by atoms with Gasteiger partial charge in [-0.2, -0.15) is 0 Å². The molecule has 0 aromatic rings. The summed E-state index contributed by atoms with van der Waals surface area (Å²) in [7, 11) is 0. The van der Waals surface area contributed by atoms with Crippen LogP contribution in [0.1, 0.15) is 27.7 Å². The predicted octanol–water partition coefficient (Wildman–Crippen LogP) is 2.19. The largest absolute Gasteiger partial charge is 0.444 e. The highest BCUT2D eigenvalue weighted by molar-refractivity contribution is 5.68. The lowest BCUT2D eigenvalue weighted by atomic mass is 10.2. The van der Waals surface area contributed by atoms with E-state index in [1.165, 1.54) is 0 Å². The molecule has 0 saturated carbocycles. The van der Waals surface area contributed by atoms with Crippen LogP contribution in [-0.4, -0.2) is 60.1 Å². The first-order valence-electron chi connectivity index (χ1n) is 6.19. The summed E-state index contributed by atoms with van der Waals surface area (Å²) in [6.07, 6.45) is -2.70. The molecule has 18 heavy (non-hydrogen) atoms. The number of nitrogens with zero attached hydrogens (tertiary/aromatic N) is 2. The van der Waals surface area contributed by atoms with Crippen molar-refractivity contribution in [2.24, 2.45) is 0 Å². The van der Waals surface area contributed by atoms with Gasteiger partial charge in [-0.25, -0.2) is 13.6 Å². The first kappa shape index (κ1) is 15.1. The first-order valence-corrected chi connectivity index (χ1v) is 6.19. The number of carbonyl (C=O) groups excluding carboxylic acids is 1. The van der Waals surface area contributed by atoms with E-state index in [1.54, 1.807) is 30.6 Å². The Balaban J connectivity index is 2.48. The number of rotatable bonds is 2. The lowest BCUT2D eigenvalue weighted by Gasteiger charge is -2.39. The van der Waals surface area contributed by atoms with E-state index >= 15 is 0 Å². The topological polar surface area (TPSA) is 32.8 Å². The summed E-state index contributed by atoms with van der Waals surface area (Å²) >= 11 is 0. The Kier molecular flexibility index (Phi) is 4.90. The highest BCUT2D eigenvalue weighted by atomic mass is 19.3. The molecule has 0 bridgehead atoms. The van der Waals surface area contributed by atoms with Crippen LogP contribution in [0.25, 0.3) is 0 Å². The van der Waals surface area contributed by atoms with Crippen molar-refractivity contribution in [2.75, 3.05) is 26.2 Å². The third-order valence-corrected chi connectivity index (χ3v) is 2.79. The molecule has 0 aromatic heterocycles. The maximum absolute atomic E-state index is 12.3. The summed E-state index contributed by atoms with van der Waals surface area (Å²) in [5, 5.41) is 0. The van der Waals surface area contributed by atoms with Crippen molar-refractivity contribution < 1.29 is 18.3 Å². The molecule has 1 amide bonds. The Bertz CT molecular complexity index is 292. The molecule has 1 rings (SSSR count). The van der Waals surface area contributed by atoms with Crippen LogP contribution in [0.4, 0.5) is 13.6 Å². The van der Waals surface area contributed by atoms with Gasteiger partial charge in [-0.05, 0) is 27.7 Å². The Hall–Kier alpha value is -0.910. The number of hydrogen-bond donors (Lipinski definition) is 0. The number of ether oxygens (including phenoxy) is 1. The Morgan fingerprint density at radius 1 is 1.39 bits per heavy atom. The third kappa shape index (κ3) is 4.76. The minimum atomic E-state index is -2.33. The van der Waals surface area contributed by atoms with E-state index in [9.17, 15) is 13.6 Å². The first-order chi connectivity index (χ1) is 8.19. The zero-order valence-electron chi connectivity index (χ0n) is 11.4. The van der Waals surface area contributed by atoms with E-state index in [1.807, 2.05) is 6.92 Å². The minimum absolute atomic E-state index is 0.0692. The lowest BCUT2D eigenvalue weighted by molar-refractivity contribution is -0.00522. The van der Waals surface area contributed by atoms with Crippen LogP contribution in [-0.2, 0) is 4.74 Å². The number of halogens is 2. The van der Waals surface area contributed by atoms with E-state index in [4.69, 9.17) is 4.74 Å². The molecule has 4 nitrogen and oxygen atoms in total. The van der Waals surface area contributed by atoms with Crippen molar-refractivity contribution in [2.45, 2.75) is 45.8 Å². The second-order valence-electron chi connectivity index (χ2n) is 5.66. The van der Waals surface area contributed by atoms with Gasteiger partial charge in [0.05, 0.1) is 6.54 Å². The van der Waals surface area contributed by atoms with Gasteiger partial charge in [0.1, 0.15) is 5.60 Å². The van der Waals surface area contributed by atoms with Crippen LogP contribution in [0.5, 0.6) is 0 Å². The highest BCUT2D eigenvalue weighted by Crippen LogP contribution is 2.15. The van der Waals surface area contributed by atoms with Gasteiger partial charge in [0.15, 0.2) is 0 Å². The van der Waals surface area contributed by atoms with Gasteiger partial charge in [-0.3, -0.25) is 4.90 Å². The van der Waals surface area contributed by atoms with Crippen LogP contribution in [0.15, 0.2) is 0 Å². The zero-order valence-corrected chi connectivity index (χ0v) is 11.4. The summed E-state index contributed by atoms with van der Waals surface area (Å²) in [6, 6.07) is -0.0692. The van der Waals surface area contributed by atoms with Gasteiger partial charge in [-0.1, -0.05) is 0 Å². The third-order valence-electron chi connectivity index (χ3n) is 2.79. The Morgan fingerprint density at radius 2 is 2.00 bits per heavy atom. The van der Waals surface area contributed by atoms with E-state index in [2.05, 4.69) is 0 Å². The van der Waals surface area contributed by atoms with Crippen molar-refractivity contribution in [1.82, 2.24) is 9.80 Å². The number of alkyl halides is 2. The van der Waals surface area contributed by atoms with Gasteiger partial charge in [0.2, 0.25) is 0 Å². The molecule has 0 N–H and O–H groups in total.